The highest BCUT2D eigenvalue weighted by molar-refractivity contribution is 7.89. The number of carbonyl (C=O) groups excluding carboxylic acids is 3. The molecule has 0 saturated carbocycles. The van der Waals surface area contributed by atoms with Crippen LogP contribution in [0.1, 0.15) is 43.5 Å². The van der Waals surface area contributed by atoms with Gasteiger partial charge in [-0.25, -0.2) is 13.4 Å². The molecule has 2 amide bonds. The molecule has 2 N–H and O–H groups in total. The molecule has 178 valence electrons. The number of Topliss-reactive ketones (excluding diaryl/α,β-unsaturated/α-hetero) is 1. The molecule has 1 aliphatic rings. The Balaban J connectivity index is 1.69. The molecular formula is C22H28N4O6S. The Hall–Kier alpha value is -3.05. The lowest BCUT2D eigenvalue weighted by molar-refractivity contribution is -0.129. The first-order valence-corrected chi connectivity index (χ1v) is 12.3. The lowest BCUT2D eigenvalue weighted by atomic mass is 9.97. The third-order valence-corrected chi connectivity index (χ3v) is 7.51. The van der Waals surface area contributed by atoms with Crippen molar-refractivity contribution in [1.82, 2.24) is 19.9 Å². The van der Waals surface area contributed by atoms with Gasteiger partial charge in [0.1, 0.15) is 12.3 Å². The summed E-state index contributed by atoms with van der Waals surface area (Å²) < 4.78 is 31.7. The van der Waals surface area contributed by atoms with Crippen molar-refractivity contribution >= 4 is 27.6 Å². The minimum absolute atomic E-state index is 0.126. The van der Waals surface area contributed by atoms with E-state index in [-0.39, 0.29) is 29.6 Å². The van der Waals surface area contributed by atoms with Gasteiger partial charge in [0, 0.05) is 12.7 Å². The van der Waals surface area contributed by atoms with Gasteiger partial charge in [0.05, 0.1) is 24.4 Å². The van der Waals surface area contributed by atoms with E-state index in [9.17, 15) is 22.8 Å². The topological polar surface area (TPSA) is 139 Å². The van der Waals surface area contributed by atoms with Crippen LogP contribution in [0.25, 0.3) is 0 Å². The predicted octanol–water partition coefficient (Wildman–Crippen LogP) is 1.36. The number of carbonyl (C=O) groups is 3. The number of rotatable bonds is 8. The summed E-state index contributed by atoms with van der Waals surface area (Å²) in [7, 11) is -3.92. The minimum atomic E-state index is -3.92. The standard InChI is InChI=1S/C22H28N4O6S/c1-3-15(2)20(25-21(28)16-9-12-32-14-16)22(29)24-17-7-6-11-26(13-18(17)27)33(30,31)19-8-4-5-10-23-19/h4-5,8-10,12,14-15,17,20H,3,6-7,11,13H2,1-2H3,(H,24,29)(H,25,28)/t15-,17?,20+/m1/s1. The molecule has 0 radical (unpaired) electrons. The number of aromatic nitrogens is 1. The fourth-order valence-electron chi connectivity index (χ4n) is 3.57. The summed E-state index contributed by atoms with van der Waals surface area (Å²) in [5, 5.41) is 5.30. The molecule has 1 aliphatic heterocycles. The number of sulfonamides is 1. The molecule has 1 unspecified atom stereocenters. The van der Waals surface area contributed by atoms with E-state index in [0.717, 1.165) is 4.31 Å². The zero-order chi connectivity index (χ0) is 24.0. The van der Waals surface area contributed by atoms with Crippen molar-refractivity contribution in [3.8, 4) is 0 Å². The molecule has 0 aromatic carbocycles. The molecule has 0 spiro atoms. The maximum atomic E-state index is 13.0. The van der Waals surface area contributed by atoms with Gasteiger partial charge in [-0.05, 0) is 37.0 Å². The molecule has 33 heavy (non-hydrogen) atoms. The monoisotopic (exact) mass is 476 g/mol. The van der Waals surface area contributed by atoms with Crippen molar-refractivity contribution in [2.24, 2.45) is 5.92 Å². The molecule has 2 aromatic heterocycles. The number of nitrogens with one attached hydrogen (secondary N) is 2. The Morgan fingerprint density at radius 1 is 1.30 bits per heavy atom. The van der Waals surface area contributed by atoms with Crippen molar-refractivity contribution in [1.29, 1.82) is 0 Å². The van der Waals surface area contributed by atoms with E-state index in [2.05, 4.69) is 15.6 Å². The first kappa shape index (κ1) is 24.6. The molecule has 2 aromatic rings. The average Bonchev–Trinajstić information content (AvgIpc) is 3.29. The van der Waals surface area contributed by atoms with Crippen LogP contribution in [0.2, 0.25) is 0 Å². The molecule has 0 aliphatic carbocycles. The van der Waals surface area contributed by atoms with Crippen LogP contribution in [0, 0.1) is 5.92 Å². The van der Waals surface area contributed by atoms with Crippen LogP contribution in [0.3, 0.4) is 0 Å². The highest BCUT2D eigenvalue weighted by Gasteiger charge is 2.35. The first-order chi connectivity index (χ1) is 15.7. The van der Waals surface area contributed by atoms with Gasteiger partial charge >= 0.3 is 0 Å². The molecule has 11 heteroatoms. The van der Waals surface area contributed by atoms with Gasteiger partial charge in [0.25, 0.3) is 15.9 Å². The van der Waals surface area contributed by atoms with E-state index in [4.69, 9.17) is 4.42 Å². The summed E-state index contributed by atoms with van der Waals surface area (Å²) >= 11 is 0. The lowest BCUT2D eigenvalue weighted by Gasteiger charge is -2.26. The van der Waals surface area contributed by atoms with E-state index in [0.29, 0.717) is 19.3 Å². The minimum Gasteiger partial charge on any atom is -0.472 e. The van der Waals surface area contributed by atoms with Crippen LogP contribution >= 0.6 is 0 Å². The van der Waals surface area contributed by atoms with E-state index >= 15 is 0 Å². The zero-order valence-corrected chi connectivity index (χ0v) is 19.4. The molecule has 1 saturated heterocycles. The molecule has 3 atom stereocenters. The largest absolute Gasteiger partial charge is 0.472 e. The molecule has 1 fully saturated rings. The number of nitrogens with zero attached hydrogens (tertiary/aromatic N) is 2. The maximum absolute atomic E-state index is 13.0. The van der Waals surface area contributed by atoms with Crippen LogP contribution in [0.4, 0.5) is 0 Å². The Bertz CT molecular complexity index is 1070. The summed E-state index contributed by atoms with van der Waals surface area (Å²) in [4.78, 5) is 42.2. The van der Waals surface area contributed by atoms with Crippen molar-refractivity contribution in [2.45, 2.75) is 50.2 Å². The van der Waals surface area contributed by atoms with Crippen LogP contribution in [-0.4, -0.2) is 60.5 Å². The van der Waals surface area contributed by atoms with E-state index in [1.165, 1.54) is 30.9 Å². The van der Waals surface area contributed by atoms with Crippen LogP contribution in [0.15, 0.2) is 52.4 Å². The number of hydrogen-bond acceptors (Lipinski definition) is 7. The quantitative estimate of drug-likeness (QED) is 0.586. The van der Waals surface area contributed by atoms with Gasteiger partial charge in [-0.1, -0.05) is 26.3 Å². The summed E-state index contributed by atoms with van der Waals surface area (Å²) in [6.45, 7) is 3.50. The van der Waals surface area contributed by atoms with Crippen molar-refractivity contribution in [3.63, 3.8) is 0 Å². The number of amides is 2. The zero-order valence-electron chi connectivity index (χ0n) is 18.6. The Morgan fingerprint density at radius 3 is 2.73 bits per heavy atom. The first-order valence-electron chi connectivity index (χ1n) is 10.8. The second-order valence-electron chi connectivity index (χ2n) is 8.02. The summed E-state index contributed by atoms with van der Waals surface area (Å²) in [5.74, 6) is -1.54. The number of pyridine rings is 1. The van der Waals surface area contributed by atoms with Crippen LogP contribution in [-0.2, 0) is 19.6 Å². The van der Waals surface area contributed by atoms with Gasteiger partial charge in [-0.3, -0.25) is 14.4 Å². The van der Waals surface area contributed by atoms with Crippen LogP contribution < -0.4 is 10.6 Å². The van der Waals surface area contributed by atoms with Crippen LogP contribution in [0.5, 0.6) is 0 Å². The van der Waals surface area contributed by atoms with Gasteiger partial charge in [0.15, 0.2) is 10.8 Å². The van der Waals surface area contributed by atoms with Crippen molar-refractivity contribution < 1.29 is 27.2 Å². The Kier molecular flexibility index (Phi) is 7.98. The number of hydrogen-bond donors (Lipinski definition) is 2. The smallest absolute Gasteiger partial charge is 0.260 e. The fraction of sp³-hybridized carbons (Fsp3) is 0.455. The van der Waals surface area contributed by atoms with Gasteiger partial charge in [-0.15, -0.1) is 0 Å². The van der Waals surface area contributed by atoms with Gasteiger partial charge in [0.2, 0.25) is 5.91 Å². The van der Waals surface area contributed by atoms with Crippen molar-refractivity contribution in [2.75, 3.05) is 13.1 Å². The highest BCUT2D eigenvalue weighted by Crippen LogP contribution is 2.18. The fourth-order valence-corrected chi connectivity index (χ4v) is 4.94. The molecule has 0 bridgehead atoms. The predicted molar refractivity (Wildman–Crippen MR) is 119 cm³/mol. The second kappa shape index (κ2) is 10.7. The van der Waals surface area contributed by atoms with Gasteiger partial charge < -0.3 is 15.1 Å². The van der Waals surface area contributed by atoms with E-state index in [1.807, 2.05) is 13.8 Å². The normalized spacial score (nSPS) is 19.3. The Labute approximate surface area is 192 Å². The average molecular weight is 477 g/mol. The second-order valence-corrected chi connectivity index (χ2v) is 9.91. The molecule has 10 nitrogen and oxygen atoms in total. The third kappa shape index (κ3) is 5.85. The molecular weight excluding hydrogens is 448 g/mol. The summed E-state index contributed by atoms with van der Waals surface area (Å²) in [5.41, 5.74) is 0.289. The maximum Gasteiger partial charge on any atom is 0.260 e. The van der Waals surface area contributed by atoms with Gasteiger partial charge in [-0.2, -0.15) is 4.31 Å². The number of ketones is 1. The number of furan rings is 1. The van der Waals surface area contributed by atoms with E-state index < -0.39 is 39.7 Å². The molecule has 3 heterocycles. The van der Waals surface area contributed by atoms with E-state index in [1.54, 1.807) is 12.1 Å². The lowest BCUT2D eigenvalue weighted by Crippen LogP contribution is -2.54. The third-order valence-electron chi connectivity index (χ3n) is 5.75. The highest BCUT2D eigenvalue weighted by atomic mass is 32.2. The summed E-state index contributed by atoms with van der Waals surface area (Å²) in [6.07, 6.45) is 5.33. The molecule has 3 rings (SSSR count). The Morgan fingerprint density at radius 2 is 2.09 bits per heavy atom. The SMILES string of the molecule is CC[C@@H](C)[C@H](NC(=O)c1ccoc1)C(=O)NC1CCCN(S(=O)(=O)c2ccccn2)CC1=O. The summed E-state index contributed by atoms with van der Waals surface area (Å²) in [6, 6.07) is 4.34. The van der Waals surface area contributed by atoms with Crippen molar-refractivity contribution in [3.05, 3.63) is 48.6 Å².